The molecule has 5 aromatic rings. The summed E-state index contributed by atoms with van der Waals surface area (Å²) in [6.45, 7) is 0. The number of terminal acetylenes is 1. The van der Waals surface area contributed by atoms with Crippen molar-refractivity contribution in [3.63, 3.8) is 0 Å². The maximum atomic E-state index is 6.54. The van der Waals surface area contributed by atoms with Gasteiger partial charge in [0.25, 0.3) is 0 Å². The molecule has 0 saturated heterocycles. The van der Waals surface area contributed by atoms with Crippen molar-refractivity contribution in [2.24, 2.45) is 0 Å². The molecule has 0 N–H and O–H groups in total. The van der Waals surface area contributed by atoms with Crippen LogP contribution in [0.3, 0.4) is 0 Å². The van der Waals surface area contributed by atoms with Crippen molar-refractivity contribution < 1.29 is 4.74 Å². The zero-order valence-corrected chi connectivity index (χ0v) is 21.0. The molecule has 0 amide bonds. The highest BCUT2D eigenvalue weighted by Gasteiger charge is 2.50. The summed E-state index contributed by atoms with van der Waals surface area (Å²) in [5.74, 6) is 4.75. The second-order valence-corrected chi connectivity index (χ2v) is 11.0. The number of methoxy groups -OCH3 is 1. The number of benzene rings is 5. The van der Waals surface area contributed by atoms with Crippen LogP contribution in [0.25, 0.3) is 0 Å². The minimum Gasteiger partial charge on any atom is -0.496 e. The third-order valence-corrected chi connectivity index (χ3v) is 9.58. The van der Waals surface area contributed by atoms with Gasteiger partial charge in [-0.1, -0.05) is 103 Å². The van der Waals surface area contributed by atoms with Gasteiger partial charge in [-0.2, -0.15) is 0 Å². The smallest absolute Gasteiger partial charge is 0.127 e. The fourth-order valence-electron chi connectivity index (χ4n) is 8.41. The third kappa shape index (κ3) is 2.19. The molecule has 5 aromatic carbocycles. The topological polar surface area (TPSA) is 9.23 Å². The summed E-state index contributed by atoms with van der Waals surface area (Å²) in [5, 5.41) is 0. The molecule has 0 saturated carbocycles. The molecule has 6 aliphatic carbocycles. The Morgan fingerprint density at radius 3 is 0.974 bits per heavy atom. The number of hydrogen-bond donors (Lipinski definition) is 0. The molecular weight excluding hydrogens is 460 g/mol. The van der Waals surface area contributed by atoms with Crippen molar-refractivity contribution in [3.8, 4) is 18.1 Å². The second kappa shape index (κ2) is 7.06. The van der Waals surface area contributed by atoms with Crippen LogP contribution in [0.5, 0.6) is 5.75 Å². The van der Waals surface area contributed by atoms with Crippen molar-refractivity contribution >= 4 is 0 Å². The van der Waals surface area contributed by atoms with E-state index in [0.29, 0.717) is 0 Å². The minimum absolute atomic E-state index is 0.110. The average molecular weight is 485 g/mol. The van der Waals surface area contributed by atoms with Gasteiger partial charge in [-0.05, 0) is 55.6 Å². The first-order valence-electron chi connectivity index (χ1n) is 13.4. The summed E-state index contributed by atoms with van der Waals surface area (Å²) in [6, 6.07) is 35.8. The molecule has 4 bridgehead atoms. The summed E-state index contributed by atoms with van der Waals surface area (Å²) < 4.78 is 6.51. The molecule has 38 heavy (non-hydrogen) atoms. The normalized spacial score (nSPS) is 21.8. The summed E-state index contributed by atoms with van der Waals surface area (Å²) in [7, 11) is 1.85. The van der Waals surface area contributed by atoms with E-state index in [2.05, 4.69) is 103 Å². The molecule has 0 fully saturated rings. The first-order chi connectivity index (χ1) is 18.8. The molecule has 178 valence electrons. The predicted molar refractivity (Wildman–Crippen MR) is 150 cm³/mol. The molecule has 0 aliphatic heterocycles. The SMILES string of the molecule is C#Cc1c2c(c(OC)c3c1C1c4ccccc4C3c3ccccc31)C1c3ccccc3C2c2ccccc21. The van der Waals surface area contributed by atoms with Crippen molar-refractivity contribution in [2.45, 2.75) is 23.7 Å². The average Bonchev–Trinajstić information content (AvgIpc) is 2.99. The Morgan fingerprint density at radius 2 is 0.737 bits per heavy atom. The Kier molecular flexibility index (Phi) is 3.81. The highest BCUT2D eigenvalue weighted by atomic mass is 16.5. The van der Waals surface area contributed by atoms with Gasteiger partial charge >= 0.3 is 0 Å². The largest absolute Gasteiger partial charge is 0.496 e. The van der Waals surface area contributed by atoms with Crippen molar-refractivity contribution in [3.05, 3.63) is 169 Å². The van der Waals surface area contributed by atoms with E-state index in [1.54, 1.807) is 0 Å². The van der Waals surface area contributed by atoms with E-state index in [9.17, 15) is 0 Å². The molecule has 0 radical (unpaired) electrons. The summed E-state index contributed by atoms with van der Waals surface area (Å²) in [4.78, 5) is 0. The maximum absolute atomic E-state index is 6.54. The van der Waals surface area contributed by atoms with Crippen LogP contribution in [-0.2, 0) is 0 Å². The van der Waals surface area contributed by atoms with Gasteiger partial charge in [0.15, 0.2) is 0 Å². The molecule has 1 heteroatoms. The molecule has 11 rings (SSSR count). The Bertz CT molecular complexity index is 1680. The fourth-order valence-corrected chi connectivity index (χ4v) is 8.41. The lowest BCUT2D eigenvalue weighted by atomic mass is 9.54. The molecule has 0 heterocycles. The number of hydrogen-bond acceptors (Lipinski definition) is 1. The monoisotopic (exact) mass is 484 g/mol. The fraction of sp³-hybridized carbons (Fsp3) is 0.135. The van der Waals surface area contributed by atoms with Gasteiger partial charge in [0.2, 0.25) is 0 Å². The Hall–Kier alpha value is -4.54. The zero-order chi connectivity index (χ0) is 25.1. The molecule has 0 atom stereocenters. The quantitative estimate of drug-likeness (QED) is 0.217. The van der Waals surface area contributed by atoms with E-state index in [1.165, 1.54) is 66.8 Å². The van der Waals surface area contributed by atoms with Crippen LogP contribution >= 0.6 is 0 Å². The third-order valence-electron chi connectivity index (χ3n) is 9.58. The highest BCUT2D eigenvalue weighted by Crippen LogP contribution is 2.65. The van der Waals surface area contributed by atoms with Crippen LogP contribution in [0.4, 0.5) is 0 Å². The summed E-state index contributed by atoms with van der Waals surface area (Å²) in [6.07, 6.45) is 6.54. The molecule has 0 aromatic heterocycles. The van der Waals surface area contributed by atoms with E-state index >= 15 is 0 Å². The highest BCUT2D eigenvalue weighted by molar-refractivity contribution is 5.82. The van der Waals surface area contributed by atoms with E-state index in [0.717, 1.165) is 11.3 Å². The van der Waals surface area contributed by atoms with Gasteiger partial charge in [-0.3, -0.25) is 0 Å². The van der Waals surface area contributed by atoms with Gasteiger partial charge in [0, 0.05) is 40.4 Å². The minimum atomic E-state index is 0.110. The van der Waals surface area contributed by atoms with Crippen LogP contribution in [0.1, 0.15) is 96.0 Å². The van der Waals surface area contributed by atoms with Gasteiger partial charge in [-0.25, -0.2) is 0 Å². The molecular formula is C37H24O. The number of rotatable bonds is 1. The first kappa shape index (κ1) is 20.5. The maximum Gasteiger partial charge on any atom is 0.127 e. The molecule has 6 aliphatic rings. The van der Waals surface area contributed by atoms with Gasteiger partial charge in [0.1, 0.15) is 5.75 Å². The lowest BCUT2D eigenvalue weighted by Crippen LogP contribution is -2.34. The van der Waals surface area contributed by atoms with E-state index in [-0.39, 0.29) is 23.7 Å². The van der Waals surface area contributed by atoms with E-state index in [4.69, 9.17) is 11.2 Å². The molecule has 1 nitrogen and oxygen atoms in total. The first-order valence-corrected chi connectivity index (χ1v) is 13.4. The van der Waals surface area contributed by atoms with Crippen LogP contribution in [-0.4, -0.2) is 7.11 Å². The standard InChI is InChI=1S/C37H24O/c1-3-20-33-29-21-12-4-8-16-25(21)31(26-17-9-5-13-22(26)29)35(33)37(38-2)36-32-27-18-10-6-14-23(27)30(34(20)36)24-15-7-11-19-28(24)32/h1,4-19,29-32H,2H3. The van der Waals surface area contributed by atoms with Gasteiger partial charge < -0.3 is 4.74 Å². The van der Waals surface area contributed by atoms with Gasteiger partial charge in [0.05, 0.1) is 7.11 Å². The second-order valence-electron chi connectivity index (χ2n) is 11.0. The van der Waals surface area contributed by atoms with Crippen LogP contribution in [0.15, 0.2) is 97.1 Å². The zero-order valence-electron chi connectivity index (χ0n) is 21.0. The van der Waals surface area contributed by atoms with E-state index < -0.39 is 0 Å². The number of ether oxygens (including phenoxy) is 1. The Labute approximate surface area is 222 Å². The lowest BCUT2D eigenvalue weighted by molar-refractivity contribution is 0.397. The Morgan fingerprint density at radius 1 is 0.474 bits per heavy atom. The van der Waals surface area contributed by atoms with Crippen LogP contribution in [0, 0.1) is 12.3 Å². The van der Waals surface area contributed by atoms with Crippen LogP contribution < -0.4 is 4.74 Å². The molecule has 0 unspecified atom stereocenters. The Balaban J connectivity index is 1.47. The van der Waals surface area contributed by atoms with Crippen molar-refractivity contribution in [1.82, 2.24) is 0 Å². The van der Waals surface area contributed by atoms with Crippen molar-refractivity contribution in [2.75, 3.05) is 7.11 Å². The summed E-state index contributed by atoms with van der Waals surface area (Å²) >= 11 is 0. The summed E-state index contributed by atoms with van der Waals surface area (Å²) in [5.41, 5.74) is 17.3. The van der Waals surface area contributed by atoms with Crippen molar-refractivity contribution in [1.29, 1.82) is 0 Å². The molecule has 0 spiro atoms. The predicted octanol–water partition coefficient (Wildman–Crippen LogP) is 7.65. The van der Waals surface area contributed by atoms with Gasteiger partial charge in [-0.15, -0.1) is 6.42 Å². The van der Waals surface area contributed by atoms with E-state index in [1.807, 2.05) is 7.11 Å². The lowest BCUT2D eigenvalue weighted by Gasteiger charge is -2.48. The van der Waals surface area contributed by atoms with Crippen LogP contribution in [0.2, 0.25) is 0 Å².